The normalized spacial score (nSPS) is 13.6. The largest absolute Gasteiger partial charge is 0.390 e. The van der Waals surface area contributed by atoms with E-state index in [9.17, 15) is 5.11 Å². The predicted octanol–water partition coefficient (Wildman–Crippen LogP) is 6.87. The van der Waals surface area contributed by atoms with Crippen molar-refractivity contribution in [3.63, 3.8) is 0 Å². The van der Waals surface area contributed by atoms with E-state index in [1.54, 1.807) is 0 Å². The van der Waals surface area contributed by atoms with Crippen molar-refractivity contribution >= 4 is 0 Å². The molecular formula is C20H42O. The van der Waals surface area contributed by atoms with Crippen LogP contribution in [0.1, 0.15) is 118 Å². The fourth-order valence-corrected chi connectivity index (χ4v) is 3.70. The van der Waals surface area contributed by atoms with Crippen molar-refractivity contribution in [3.05, 3.63) is 0 Å². The van der Waals surface area contributed by atoms with Crippen LogP contribution in [0.3, 0.4) is 0 Å². The molecule has 0 fully saturated rings. The van der Waals surface area contributed by atoms with Crippen LogP contribution in [0.25, 0.3) is 0 Å². The van der Waals surface area contributed by atoms with Crippen LogP contribution in [0, 0.1) is 5.92 Å². The molecule has 0 aliphatic rings. The Morgan fingerprint density at radius 3 is 1.62 bits per heavy atom. The first-order valence-electron chi connectivity index (χ1n) is 9.86. The summed E-state index contributed by atoms with van der Waals surface area (Å²) in [6.45, 7) is 8.96. The topological polar surface area (TPSA) is 20.2 Å². The molecule has 0 rings (SSSR count). The number of unbranched alkanes of at least 4 members (excludes halogenated alkanes) is 6. The van der Waals surface area contributed by atoms with Gasteiger partial charge < -0.3 is 5.11 Å². The van der Waals surface area contributed by atoms with Crippen molar-refractivity contribution < 1.29 is 5.11 Å². The van der Waals surface area contributed by atoms with Gasteiger partial charge >= 0.3 is 0 Å². The Bertz CT molecular complexity index is 206. The molecule has 0 saturated heterocycles. The Balaban J connectivity index is 4.32. The third-order valence-electron chi connectivity index (χ3n) is 4.94. The zero-order chi connectivity index (χ0) is 16.0. The van der Waals surface area contributed by atoms with Crippen molar-refractivity contribution in [2.75, 3.05) is 0 Å². The molecule has 0 saturated carbocycles. The molecule has 0 spiro atoms. The van der Waals surface area contributed by atoms with Crippen LogP contribution in [0.2, 0.25) is 0 Å². The number of rotatable bonds is 15. The van der Waals surface area contributed by atoms with Gasteiger partial charge in [0.1, 0.15) is 0 Å². The van der Waals surface area contributed by atoms with Gasteiger partial charge in [0.15, 0.2) is 0 Å². The van der Waals surface area contributed by atoms with Gasteiger partial charge in [0.25, 0.3) is 0 Å². The molecular weight excluding hydrogens is 256 g/mol. The molecule has 1 heteroatoms. The average Bonchev–Trinajstić information content (AvgIpc) is 2.46. The fraction of sp³-hybridized carbons (Fsp3) is 1.00. The van der Waals surface area contributed by atoms with Crippen molar-refractivity contribution in [2.24, 2.45) is 5.92 Å². The molecule has 0 bridgehead atoms. The highest BCUT2D eigenvalue weighted by Crippen LogP contribution is 2.35. The van der Waals surface area contributed by atoms with Gasteiger partial charge in [-0.25, -0.2) is 0 Å². The first kappa shape index (κ1) is 21.0. The molecule has 0 radical (unpaired) electrons. The van der Waals surface area contributed by atoms with Crippen LogP contribution in [-0.4, -0.2) is 10.7 Å². The monoisotopic (exact) mass is 298 g/mol. The quantitative estimate of drug-likeness (QED) is 0.327. The third kappa shape index (κ3) is 9.55. The summed E-state index contributed by atoms with van der Waals surface area (Å²) in [6.07, 6.45) is 17.3. The van der Waals surface area contributed by atoms with E-state index in [-0.39, 0.29) is 5.60 Å². The summed E-state index contributed by atoms with van der Waals surface area (Å²) in [7, 11) is 0. The Kier molecular flexibility index (Phi) is 13.6. The van der Waals surface area contributed by atoms with Crippen LogP contribution in [0.15, 0.2) is 0 Å². The standard InChI is InChI=1S/C20H42O/c1-5-9-11-12-13-14-16-19(15-10-6-2)20(21,17-7-3)18-8-4/h19,21H,5-18H2,1-4H3. The molecule has 0 aromatic carbocycles. The van der Waals surface area contributed by atoms with Crippen molar-refractivity contribution in [2.45, 2.75) is 123 Å². The van der Waals surface area contributed by atoms with Crippen molar-refractivity contribution in [1.29, 1.82) is 0 Å². The van der Waals surface area contributed by atoms with E-state index in [0.29, 0.717) is 5.92 Å². The van der Waals surface area contributed by atoms with Crippen LogP contribution >= 0.6 is 0 Å². The van der Waals surface area contributed by atoms with Gasteiger partial charge in [-0.2, -0.15) is 0 Å². The lowest BCUT2D eigenvalue weighted by molar-refractivity contribution is -0.0429. The van der Waals surface area contributed by atoms with Gasteiger partial charge in [0, 0.05) is 0 Å². The highest BCUT2D eigenvalue weighted by Gasteiger charge is 2.33. The molecule has 0 heterocycles. The Morgan fingerprint density at radius 2 is 1.10 bits per heavy atom. The summed E-state index contributed by atoms with van der Waals surface area (Å²) in [5.74, 6) is 0.531. The average molecular weight is 299 g/mol. The lowest BCUT2D eigenvalue weighted by Gasteiger charge is -2.37. The predicted molar refractivity (Wildman–Crippen MR) is 95.8 cm³/mol. The van der Waals surface area contributed by atoms with E-state index in [1.807, 2.05) is 0 Å². The summed E-state index contributed by atoms with van der Waals surface area (Å²) in [4.78, 5) is 0. The smallest absolute Gasteiger partial charge is 0.0675 e. The van der Waals surface area contributed by atoms with Crippen molar-refractivity contribution in [3.8, 4) is 0 Å². The maximum absolute atomic E-state index is 11.1. The fourth-order valence-electron chi connectivity index (χ4n) is 3.70. The third-order valence-corrected chi connectivity index (χ3v) is 4.94. The molecule has 21 heavy (non-hydrogen) atoms. The molecule has 128 valence electrons. The van der Waals surface area contributed by atoms with E-state index in [1.165, 1.54) is 64.2 Å². The molecule has 0 aliphatic heterocycles. The summed E-state index contributed by atoms with van der Waals surface area (Å²) >= 11 is 0. The number of hydrogen-bond acceptors (Lipinski definition) is 1. The zero-order valence-corrected chi connectivity index (χ0v) is 15.4. The van der Waals surface area contributed by atoms with Crippen LogP contribution in [-0.2, 0) is 0 Å². The minimum atomic E-state index is -0.387. The molecule has 1 N–H and O–H groups in total. The van der Waals surface area contributed by atoms with Crippen molar-refractivity contribution in [1.82, 2.24) is 0 Å². The molecule has 0 amide bonds. The minimum absolute atomic E-state index is 0.387. The van der Waals surface area contributed by atoms with Gasteiger partial charge in [-0.05, 0) is 31.6 Å². The van der Waals surface area contributed by atoms with Gasteiger partial charge in [0.05, 0.1) is 5.60 Å². The Hall–Kier alpha value is -0.0400. The van der Waals surface area contributed by atoms with Gasteiger partial charge in [0.2, 0.25) is 0 Å². The second-order valence-corrected chi connectivity index (χ2v) is 7.00. The SMILES string of the molecule is CCCCCCCCC(CCCC)C(O)(CCC)CCC. The van der Waals surface area contributed by atoms with Gasteiger partial charge in [-0.1, -0.05) is 91.9 Å². The van der Waals surface area contributed by atoms with Crippen LogP contribution in [0.5, 0.6) is 0 Å². The van der Waals surface area contributed by atoms with E-state index in [4.69, 9.17) is 0 Å². The molecule has 1 nitrogen and oxygen atoms in total. The molecule has 1 unspecified atom stereocenters. The second-order valence-electron chi connectivity index (χ2n) is 7.00. The van der Waals surface area contributed by atoms with E-state index in [2.05, 4.69) is 27.7 Å². The lowest BCUT2D eigenvalue weighted by Crippen LogP contribution is -2.38. The van der Waals surface area contributed by atoms with Crippen LogP contribution in [0.4, 0.5) is 0 Å². The Labute approximate surface area is 134 Å². The highest BCUT2D eigenvalue weighted by molar-refractivity contribution is 4.86. The molecule has 0 aliphatic carbocycles. The molecule has 0 aromatic heterocycles. The summed E-state index contributed by atoms with van der Waals surface area (Å²) in [5, 5.41) is 11.1. The maximum Gasteiger partial charge on any atom is 0.0675 e. The maximum atomic E-state index is 11.1. The van der Waals surface area contributed by atoms with Crippen LogP contribution < -0.4 is 0 Å². The van der Waals surface area contributed by atoms with Gasteiger partial charge in [-0.3, -0.25) is 0 Å². The molecule has 1 atom stereocenters. The Morgan fingerprint density at radius 1 is 0.619 bits per heavy atom. The summed E-state index contributed by atoms with van der Waals surface area (Å²) in [5.41, 5.74) is -0.387. The van der Waals surface area contributed by atoms with E-state index >= 15 is 0 Å². The van der Waals surface area contributed by atoms with Gasteiger partial charge in [-0.15, -0.1) is 0 Å². The molecule has 0 aromatic rings. The zero-order valence-electron chi connectivity index (χ0n) is 15.4. The first-order chi connectivity index (χ1) is 10.1. The second kappa shape index (κ2) is 13.6. The lowest BCUT2D eigenvalue weighted by atomic mass is 9.75. The van der Waals surface area contributed by atoms with E-state index in [0.717, 1.165) is 25.7 Å². The highest BCUT2D eigenvalue weighted by atomic mass is 16.3. The first-order valence-corrected chi connectivity index (χ1v) is 9.86. The number of hydrogen-bond donors (Lipinski definition) is 1. The number of aliphatic hydroxyl groups is 1. The summed E-state index contributed by atoms with van der Waals surface area (Å²) in [6, 6.07) is 0. The minimum Gasteiger partial charge on any atom is -0.390 e. The van der Waals surface area contributed by atoms with E-state index < -0.39 is 0 Å². The summed E-state index contributed by atoms with van der Waals surface area (Å²) < 4.78 is 0.